The summed E-state index contributed by atoms with van der Waals surface area (Å²) in [7, 11) is 1.55. The Bertz CT molecular complexity index is 1070. The lowest BCUT2D eigenvalue weighted by molar-refractivity contribution is -0.118. The molecule has 1 N–H and O–H groups in total. The zero-order valence-corrected chi connectivity index (χ0v) is 16.1. The van der Waals surface area contributed by atoms with Crippen molar-refractivity contribution in [2.75, 3.05) is 19.0 Å². The summed E-state index contributed by atoms with van der Waals surface area (Å²) in [5.74, 6) is 0.597. The van der Waals surface area contributed by atoms with Crippen molar-refractivity contribution in [3.63, 3.8) is 0 Å². The van der Waals surface area contributed by atoms with E-state index in [4.69, 9.17) is 13.9 Å². The lowest BCUT2D eigenvalue weighted by Gasteiger charge is -2.13. The number of nitrogens with one attached hydrogen (secondary N) is 1. The molecule has 0 bridgehead atoms. The van der Waals surface area contributed by atoms with Gasteiger partial charge < -0.3 is 19.2 Å². The van der Waals surface area contributed by atoms with Crippen LogP contribution in [0.1, 0.15) is 17.1 Å². The van der Waals surface area contributed by atoms with Crippen molar-refractivity contribution >= 4 is 11.6 Å². The number of nitrogens with zero attached hydrogens (tertiary/aromatic N) is 2. The minimum atomic E-state index is -0.416. The Morgan fingerprint density at radius 2 is 1.96 bits per heavy atom. The molecule has 146 valence electrons. The van der Waals surface area contributed by atoms with E-state index in [9.17, 15) is 9.59 Å². The number of hydrogen-bond donors (Lipinski definition) is 1. The van der Waals surface area contributed by atoms with E-state index in [-0.39, 0.29) is 17.8 Å². The molecule has 0 aliphatic heterocycles. The fourth-order valence-corrected chi connectivity index (χ4v) is 2.74. The highest BCUT2D eigenvalue weighted by molar-refractivity contribution is 5.92. The lowest BCUT2D eigenvalue weighted by atomic mass is 10.2. The van der Waals surface area contributed by atoms with Gasteiger partial charge in [0.1, 0.15) is 23.5 Å². The highest BCUT2D eigenvalue weighted by atomic mass is 16.5. The zero-order valence-electron chi connectivity index (χ0n) is 16.1. The second-order valence-corrected chi connectivity index (χ2v) is 6.28. The number of ether oxygens (including phenoxy) is 2. The van der Waals surface area contributed by atoms with Crippen LogP contribution in [0.25, 0.3) is 5.69 Å². The van der Waals surface area contributed by atoms with E-state index in [0.29, 0.717) is 17.2 Å². The molecule has 0 spiro atoms. The first-order valence-corrected chi connectivity index (χ1v) is 8.61. The maximum Gasteiger partial charge on any atom is 0.262 e. The van der Waals surface area contributed by atoms with Crippen molar-refractivity contribution in [2.24, 2.45) is 0 Å². The number of carbonyl (C=O) groups is 1. The van der Waals surface area contributed by atoms with Crippen LogP contribution in [0.3, 0.4) is 0 Å². The maximum absolute atomic E-state index is 12.1. The minimum absolute atomic E-state index is 0.0156. The quantitative estimate of drug-likeness (QED) is 0.703. The number of benzene rings is 1. The molecule has 0 atom stereocenters. The maximum atomic E-state index is 12.1. The van der Waals surface area contributed by atoms with Gasteiger partial charge >= 0.3 is 0 Å². The van der Waals surface area contributed by atoms with Crippen LogP contribution >= 0.6 is 0 Å². The van der Waals surface area contributed by atoms with E-state index >= 15 is 0 Å². The summed E-state index contributed by atoms with van der Waals surface area (Å²) in [6, 6.07) is 8.52. The van der Waals surface area contributed by atoms with Crippen molar-refractivity contribution in [3.8, 4) is 17.2 Å². The molecule has 0 unspecified atom stereocenters. The van der Waals surface area contributed by atoms with Crippen LogP contribution < -0.4 is 20.2 Å². The van der Waals surface area contributed by atoms with Crippen molar-refractivity contribution in [2.45, 2.75) is 20.8 Å². The van der Waals surface area contributed by atoms with E-state index in [0.717, 1.165) is 17.1 Å². The highest BCUT2D eigenvalue weighted by Crippen LogP contribution is 2.27. The summed E-state index contributed by atoms with van der Waals surface area (Å²) in [6.45, 7) is 5.20. The van der Waals surface area contributed by atoms with Crippen molar-refractivity contribution < 1.29 is 18.7 Å². The third-order valence-electron chi connectivity index (χ3n) is 3.99. The van der Waals surface area contributed by atoms with Gasteiger partial charge in [-0.05, 0) is 39.0 Å². The predicted octanol–water partition coefficient (Wildman–Crippen LogP) is 2.78. The molecule has 3 rings (SSSR count). The van der Waals surface area contributed by atoms with Gasteiger partial charge in [0.2, 0.25) is 11.2 Å². The van der Waals surface area contributed by atoms with Gasteiger partial charge in [-0.1, -0.05) is 0 Å². The molecule has 0 aliphatic carbocycles. The van der Waals surface area contributed by atoms with E-state index in [1.807, 2.05) is 26.0 Å². The third kappa shape index (κ3) is 4.22. The monoisotopic (exact) mass is 383 g/mol. The molecule has 1 aromatic carbocycles. The van der Waals surface area contributed by atoms with Crippen molar-refractivity contribution in [3.05, 3.63) is 64.0 Å². The second-order valence-electron chi connectivity index (χ2n) is 6.28. The van der Waals surface area contributed by atoms with Gasteiger partial charge in [-0.2, -0.15) is 5.10 Å². The van der Waals surface area contributed by atoms with Crippen LogP contribution in [0, 0.1) is 20.8 Å². The molecular formula is C20H21N3O5. The summed E-state index contributed by atoms with van der Waals surface area (Å²) < 4.78 is 17.6. The van der Waals surface area contributed by atoms with E-state index < -0.39 is 5.91 Å². The fourth-order valence-electron chi connectivity index (χ4n) is 2.74. The average Bonchev–Trinajstić information content (AvgIpc) is 2.98. The molecule has 2 aromatic heterocycles. The van der Waals surface area contributed by atoms with Crippen LogP contribution in [0.5, 0.6) is 11.5 Å². The molecule has 28 heavy (non-hydrogen) atoms. The smallest absolute Gasteiger partial charge is 0.262 e. The Balaban J connectivity index is 1.71. The Kier molecular flexibility index (Phi) is 5.49. The molecule has 2 heterocycles. The number of aromatic nitrogens is 2. The van der Waals surface area contributed by atoms with E-state index in [2.05, 4.69) is 10.4 Å². The van der Waals surface area contributed by atoms with Crippen LogP contribution in [0.2, 0.25) is 0 Å². The molecule has 3 aromatic rings. The normalized spacial score (nSPS) is 10.6. The summed E-state index contributed by atoms with van der Waals surface area (Å²) in [5.41, 5.74) is 2.83. The Morgan fingerprint density at radius 3 is 2.61 bits per heavy atom. The molecule has 8 heteroatoms. The molecule has 0 fully saturated rings. The Labute approximate surface area is 161 Å². The Hall–Kier alpha value is -3.55. The summed E-state index contributed by atoms with van der Waals surface area (Å²) >= 11 is 0. The second kappa shape index (κ2) is 7.99. The number of aryl methyl sites for hydroxylation is 3. The van der Waals surface area contributed by atoms with Crippen molar-refractivity contribution in [1.82, 2.24) is 9.78 Å². The zero-order chi connectivity index (χ0) is 20.3. The summed E-state index contributed by atoms with van der Waals surface area (Å²) in [4.78, 5) is 23.9. The van der Waals surface area contributed by atoms with Gasteiger partial charge in [-0.25, -0.2) is 4.68 Å². The number of carbonyl (C=O) groups excluding carboxylic acids is 1. The van der Waals surface area contributed by atoms with Gasteiger partial charge in [-0.3, -0.25) is 9.59 Å². The average molecular weight is 383 g/mol. The molecule has 0 saturated heterocycles. The molecule has 0 saturated carbocycles. The van der Waals surface area contributed by atoms with E-state index in [1.54, 1.807) is 30.8 Å². The molecule has 8 nitrogen and oxygen atoms in total. The van der Waals surface area contributed by atoms with Gasteiger partial charge in [0.15, 0.2) is 6.61 Å². The van der Waals surface area contributed by atoms with Crippen LogP contribution in [0.15, 0.2) is 45.8 Å². The summed E-state index contributed by atoms with van der Waals surface area (Å²) in [5, 5.41) is 7.16. The van der Waals surface area contributed by atoms with Crippen LogP contribution in [0.4, 0.5) is 5.69 Å². The SMILES string of the molecule is COc1cc(NC(=O)COc2coc(C)cc2=O)ccc1-n1nc(C)cc1C. The third-order valence-corrected chi connectivity index (χ3v) is 3.99. The number of hydrogen-bond acceptors (Lipinski definition) is 6. The number of rotatable bonds is 6. The largest absolute Gasteiger partial charge is 0.494 e. The first kappa shape index (κ1) is 19.2. The van der Waals surface area contributed by atoms with Crippen LogP contribution in [-0.4, -0.2) is 29.4 Å². The lowest BCUT2D eigenvalue weighted by Crippen LogP contribution is -2.22. The summed E-state index contributed by atoms with van der Waals surface area (Å²) in [6.07, 6.45) is 1.19. The van der Waals surface area contributed by atoms with Gasteiger partial charge in [0, 0.05) is 23.5 Å². The molecule has 1 amide bonds. The first-order valence-electron chi connectivity index (χ1n) is 8.61. The number of methoxy groups -OCH3 is 1. The minimum Gasteiger partial charge on any atom is -0.494 e. The predicted molar refractivity (Wildman–Crippen MR) is 103 cm³/mol. The highest BCUT2D eigenvalue weighted by Gasteiger charge is 2.12. The van der Waals surface area contributed by atoms with Crippen LogP contribution in [-0.2, 0) is 4.79 Å². The molecule has 0 radical (unpaired) electrons. The number of amides is 1. The Morgan fingerprint density at radius 1 is 1.18 bits per heavy atom. The first-order chi connectivity index (χ1) is 13.4. The van der Waals surface area contributed by atoms with Crippen molar-refractivity contribution in [1.29, 1.82) is 0 Å². The van der Waals surface area contributed by atoms with Gasteiger partial charge in [0.25, 0.3) is 5.91 Å². The van der Waals surface area contributed by atoms with E-state index in [1.165, 1.54) is 12.3 Å². The molecular weight excluding hydrogens is 362 g/mol. The standard InChI is InChI=1S/C20H21N3O5/c1-12-7-13(2)23(22-12)16-6-5-15(9-18(16)26-4)21-20(25)11-28-19-10-27-14(3)8-17(19)24/h5-10H,11H2,1-4H3,(H,21,25). The molecule has 0 aliphatic rings. The topological polar surface area (TPSA) is 95.6 Å². The van der Waals surface area contributed by atoms with Gasteiger partial charge in [0.05, 0.1) is 12.8 Å². The fraction of sp³-hybridized carbons (Fsp3) is 0.250. The van der Waals surface area contributed by atoms with Gasteiger partial charge in [-0.15, -0.1) is 0 Å². The number of anilines is 1.